The van der Waals surface area contributed by atoms with Crippen LogP contribution >= 0.6 is 0 Å². The fourth-order valence-corrected chi connectivity index (χ4v) is 2.15. The highest BCUT2D eigenvalue weighted by Gasteiger charge is 2.12. The van der Waals surface area contributed by atoms with Crippen molar-refractivity contribution < 1.29 is 9.53 Å². The lowest BCUT2D eigenvalue weighted by atomic mass is 10.00. The summed E-state index contributed by atoms with van der Waals surface area (Å²) in [7, 11) is 0. The van der Waals surface area contributed by atoms with Gasteiger partial charge in [-0.3, -0.25) is 0 Å². The Bertz CT molecular complexity index is 519. The SMILES string of the molecule is CCCCC(O[C]=O)c1ccc2ccccc2c1. The third-order valence-electron chi connectivity index (χ3n) is 3.16. The molecule has 2 aromatic carbocycles. The molecule has 2 aromatic rings. The molecule has 1 unspecified atom stereocenters. The Labute approximate surface area is 108 Å². The molecule has 0 N–H and O–H groups in total. The van der Waals surface area contributed by atoms with E-state index in [1.54, 1.807) is 6.47 Å². The normalized spacial score (nSPS) is 12.3. The molecule has 1 radical (unpaired) electrons. The standard InChI is InChI=1S/C16H17O2/c1-2-3-8-16(18-12-17)15-10-9-13-6-4-5-7-14(13)11-15/h4-7,9-11,16H,2-3,8H2,1H3. The molecule has 0 amide bonds. The van der Waals surface area contributed by atoms with Gasteiger partial charge in [-0.15, -0.1) is 0 Å². The average molecular weight is 241 g/mol. The zero-order valence-corrected chi connectivity index (χ0v) is 10.6. The second-order valence-corrected chi connectivity index (χ2v) is 4.44. The number of hydrogen-bond acceptors (Lipinski definition) is 2. The van der Waals surface area contributed by atoms with Crippen LogP contribution in [0.5, 0.6) is 0 Å². The van der Waals surface area contributed by atoms with Gasteiger partial charge in [0, 0.05) is 0 Å². The largest absolute Gasteiger partial charge is 0.449 e. The molecule has 0 heterocycles. The lowest BCUT2D eigenvalue weighted by Crippen LogP contribution is -2.03. The van der Waals surface area contributed by atoms with Crippen LogP contribution in [0.15, 0.2) is 42.5 Å². The number of unbranched alkanes of at least 4 members (excludes halogenated alkanes) is 1. The van der Waals surface area contributed by atoms with Gasteiger partial charge < -0.3 is 4.74 Å². The first-order valence-corrected chi connectivity index (χ1v) is 6.36. The van der Waals surface area contributed by atoms with Crippen molar-refractivity contribution in [1.82, 2.24) is 0 Å². The second-order valence-electron chi connectivity index (χ2n) is 4.44. The molecule has 1 atom stereocenters. The van der Waals surface area contributed by atoms with Crippen LogP contribution in [0, 0.1) is 0 Å². The molecule has 0 saturated heterocycles. The van der Waals surface area contributed by atoms with Gasteiger partial charge in [0.15, 0.2) is 0 Å². The van der Waals surface area contributed by atoms with E-state index < -0.39 is 0 Å². The van der Waals surface area contributed by atoms with E-state index in [1.807, 2.05) is 18.2 Å². The molecular formula is C16H17O2. The predicted molar refractivity (Wildman–Crippen MR) is 73.0 cm³/mol. The molecule has 0 saturated carbocycles. The molecular weight excluding hydrogens is 224 g/mol. The zero-order valence-electron chi connectivity index (χ0n) is 10.6. The minimum atomic E-state index is -0.174. The van der Waals surface area contributed by atoms with E-state index in [0.717, 1.165) is 24.8 Å². The van der Waals surface area contributed by atoms with Crippen LogP contribution in [-0.2, 0) is 9.53 Å². The second kappa shape index (κ2) is 6.20. The minimum Gasteiger partial charge on any atom is -0.449 e. The van der Waals surface area contributed by atoms with Gasteiger partial charge in [-0.2, -0.15) is 0 Å². The van der Waals surface area contributed by atoms with Crippen molar-refractivity contribution in [3.8, 4) is 0 Å². The lowest BCUT2D eigenvalue weighted by Gasteiger charge is -2.15. The maximum Gasteiger partial charge on any atom is 0.418 e. The van der Waals surface area contributed by atoms with E-state index in [1.165, 1.54) is 10.8 Å². The van der Waals surface area contributed by atoms with Crippen LogP contribution in [0.25, 0.3) is 10.8 Å². The molecule has 0 aromatic heterocycles. The number of rotatable bonds is 6. The number of carbonyl (C=O) groups excluding carboxylic acids is 1. The number of ether oxygens (including phenoxy) is 1. The zero-order chi connectivity index (χ0) is 12.8. The van der Waals surface area contributed by atoms with Crippen molar-refractivity contribution in [2.45, 2.75) is 32.3 Å². The summed E-state index contributed by atoms with van der Waals surface area (Å²) in [4.78, 5) is 10.5. The van der Waals surface area contributed by atoms with Gasteiger partial charge in [0.1, 0.15) is 6.10 Å². The van der Waals surface area contributed by atoms with Crippen molar-refractivity contribution in [2.75, 3.05) is 0 Å². The highest BCUT2D eigenvalue weighted by Crippen LogP contribution is 2.26. The molecule has 0 aliphatic carbocycles. The van der Waals surface area contributed by atoms with E-state index in [2.05, 4.69) is 31.2 Å². The Hall–Kier alpha value is -1.83. The summed E-state index contributed by atoms with van der Waals surface area (Å²) in [6.07, 6.45) is 2.81. The molecule has 0 fully saturated rings. The summed E-state index contributed by atoms with van der Waals surface area (Å²) in [5, 5.41) is 2.37. The molecule has 18 heavy (non-hydrogen) atoms. The Morgan fingerprint density at radius 2 is 1.94 bits per heavy atom. The van der Waals surface area contributed by atoms with Crippen LogP contribution in [0.1, 0.15) is 37.9 Å². The molecule has 2 nitrogen and oxygen atoms in total. The number of hydrogen-bond donors (Lipinski definition) is 0. The minimum absolute atomic E-state index is 0.174. The molecule has 0 aliphatic rings. The van der Waals surface area contributed by atoms with Gasteiger partial charge in [0.2, 0.25) is 0 Å². The van der Waals surface area contributed by atoms with Crippen LogP contribution < -0.4 is 0 Å². The van der Waals surface area contributed by atoms with Crippen molar-refractivity contribution in [1.29, 1.82) is 0 Å². The predicted octanol–water partition coefficient (Wildman–Crippen LogP) is 4.15. The first kappa shape index (κ1) is 12.6. The van der Waals surface area contributed by atoms with Gasteiger partial charge >= 0.3 is 6.47 Å². The van der Waals surface area contributed by atoms with E-state index in [-0.39, 0.29) is 6.10 Å². The fraction of sp³-hybridized carbons (Fsp3) is 0.312. The summed E-state index contributed by atoms with van der Waals surface area (Å²) in [6.45, 7) is 3.70. The third kappa shape index (κ3) is 2.89. The van der Waals surface area contributed by atoms with Gasteiger partial charge in [-0.05, 0) is 35.2 Å². The summed E-state index contributed by atoms with van der Waals surface area (Å²) in [5.41, 5.74) is 1.05. The van der Waals surface area contributed by atoms with Gasteiger partial charge in [-0.1, -0.05) is 49.7 Å². The lowest BCUT2D eigenvalue weighted by molar-refractivity contribution is 0.167. The average Bonchev–Trinajstić information content (AvgIpc) is 2.43. The summed E-state index contributed by atoms with van der Waals surface area (Å²) < 4.78 is 5.07. The van der Waals surface area contributed by atoms with Crippen molar-refractivity contribution >= 4 is 17.2 Å². The van der Waals surface area contributed by atoms with E-state index in [4.69, 9.17) is 4.74 Å². The molecule has 0 bridgehead atoms. The third-order valence-corrected chi connectivity index (χ3v) is 3.16. The van der Waals surface area contributed by atoms with E-state index >= 15 is 0 Å². The summed E-state index contributed by atoms with van der Waals surface area (Å²) in [5.74, 6) is 0. The molecule has 2 heteroatoms. The van der Waals surface area contributed by atoms with Gasteiger partial charge in [-0.25, -0.2) is 4.79 Å². The number of fused-ring (bicyclic) bond motifs is 1. The summed E-state index contributed by atoms with van der Waals surface area (Å²) >= 11 is 0. The fourth-order valence-electron chi connectivity index (χ4n) is 2.15. The van der Waals surface area contributed by atoms with Crippen LogP contribution in [0.2, 0.25) is 0 Å². The Kier molecular flexibility index (Phi) is 4.35. The van der Waals surface area contributed by atoms with E-state index in [9.17, 15) is 4.79 Å². The maximum atomic E-state index is 10.5. The monoisotopic (exact) mass is 241 g/mol. The molecule has 0 aliphatic heterocycles. The Morgan fingerprint density at radius 3 is 2.67 bits per heavy atom. The van der Waals surface area contributed by atoms with Crippen LogP contribution in [0.4, 0.5) is 0 Å². The Morgan fingerprint density at radius 1 is 1.17 bits per heavy atom. The highest BCUT2D eigenvalue weighted by molar-refractivity contribution is 5.83. The van der Waals surface area contributed by atoms with Crippen molar-refractivity contribution in [3.63, 3.8) is 0 Å². The first-order valence-electron chi connectivity index (χ1n) is 6.36. The van der Waals surface area contributed by atoms with Crippen molar-refractivity contribution in [3.05, 3.63) is 48.0 Å². The molecule has 0 spiro atoms. The van der Waals surface area contributed by atoms with Gasteiger partial charge in [0.25, 0.3) is 0 Å². The number of benzene rings is 2. The molecule has 2 rings (SSSR count). The topological polar surface area (TPSA) is 26.3 Å². The van der Waals surface area contributed by atoms with Crippen LogP contribution in [-0.4, -0.2) is 6.47 Å². The highest BCUT2D eigenvalue weighted by atomic mass is 16.5. The van der Waals surface area contributed by atoms with Gasteiger partial charge in [0.05, 0.1) is 0 Å². The summed E-state index contributed by atoms with van der Waals surface area (Å²) in [6, 6.07) is 14.4. The molecule has 93 valence electrons. The van der Waals surface area contributed by atoms with Crippen molar-refractivity contribution in [2.24, 2.45) is 0 Å². The quantitative estimate of drug-likeness (QED) is 0.759. The van der Waals surface area contributed by atoms with E-state index in [0.29, 0.717) is 0 Å². The smallest absolute Gasteiger partial charge is 0.418 e. The van der Waals surface area contributed by atoms with Crippen LogP contribution in [0.3, 0.4) is 0 Å². The first-order chi connectivity index (χ1) is 8.85. The maximum absolute atomic E-state index is 10.5. The Balaban J connectivity index is 2.28.